The largest absolute Gasteiger partial charge is 0.480 e. The van der Waals surface area contributed by atoms with Gasteiger partial charge in [-0.25, -0.2) is 0 Å². The van der Waals surface area contributed by atoms with Gasteiger partial charge >= 0.3 is 5.97 Å². The first kappa shape index (κ1) is 14.8. The first-order valence-electron chi connectivity index (χ1n) is 7.60. The molecule has 1 saturated heterocycles. The predicted octanol–water partition coefficient (Wildman–Crippen LogP) is 2.26. The van der Waals surface area contributed by atoms with Gasteiger partial charge in [0.2, 0.25) is 0 Å². The first-order chi connectivity index (χ1) is 8.93. The summed E-state index contributed by atoms with van der Waals surface area (Å²) in [5.74, 6) is -0.735. The number of aliphatic carboxylic acids is 1. The normalized spacial score (nSPS) is 36.7. The quantitative estimate of drug-likeness (QED) is 0.755. The summed E-state index contributed by atoms with van der Waals surface area (Å²) in [5.41, 5.74) is -0.212. The topological polar surface area (TPSA) is 60.8 Å². The number of likely N-dealkylation sites (tertiary alicyclic amines) is 1. The number of hydrogen-bond donors (Lipinski definition) is 2. The molecular formula is C15H27NO3. The van der Waals surface area contributed by atoms with E-state index in [1.54, 1.807) is 0 Å². The van der Waals surface area contributed by atoms with Crippen LogP contribution in [0.25, 0.3) is 0 Å². The summed E-state index contributed by atoms with van der Waals surface area (Å²) in [7, 11) is 0. The van der Waals surface area contributed by atoms with Crippen molar-refractivity contribution < 1.29 is 15.0 Å². The van der Waals surface area contributed by atoms with Crippen LogP contribution in [0.15, 0.2) is 0 Å². The van der Waals surface area contributed by atoms with Crippen molar-refractivity contribution in [1.82, 2.24) is 4.90 Å². The highest BCUT2D eigenvalue weighted by Crippen LogP contribution is 2.38. The second kappa shape index (κ2) is 5.80. The third kappa shape index (κ3) is 3.11. The van der Waals surface area contributed by atoms with Gasteiger partial charge in [-0.05, 0) is 37.6 Å². The zero-order chi connectivity index (χ0) is 14.0. The Morgan fingerprint density at radius 3 is 2.53 bits per heavy atom. The van der Waals surface area contributed by atoms with Crippen LogP contribution in [-0.2, 0) is 4.79 Å². The summed E-state index contributed by atoms with van der Waals surface area (Å²) in [6, 6.07) is -0.429. The molecule has 3 unspecified atom stereocenters. The Hall–Kier alpha value is -0.610. The van der Waals surface area contributed by atoms with Crippen molar-refractivity contribution in [2.75, 3.05) is 6.54 Å². The maximum atomic E-state index is 11.7. The zero-order valence-corrected chi connectivity index (χ0v) is 12.1. The molecule has 2 N–H and O–H groups in total. The summed E-state index contributed by atoms with van der Waals surface area (Å²) in [4.78, 5) is 13.8. The van der Waals surface area contributed by atoms with Crippen LogP contribution in [0.1, 0.15) is 58.8 Å². The van der Waals surface area contributed by atoms with Crippen LogP contribution in [0.4, 0.5) is 0 Å². The number of aliphatic hydroxyl groups excluding tert-OH is 1. The Morgan fingerprint density at radius 1 is 1.16 bits per heavy atom. The van der Waals surface area contributed by atoms with Crippen LogP contribution < -0.4 is 0 Å². The highest BCUT2D eigenvalue weighted by molar-refractivity contribution is 5.74. The maximum absolute atomic E-state index is 11.7. The van der Waals surface area contributed by atoms with E-state index in [9.17, 15) is 15.0 Å². The van der Waals surface area contributed by atoms with Crippen molar-refractivity contribution in [3.63, 3.8) is 0 Å². The minimum atomic E-state index is -0.735. The van der Waals surface area contributed by atoms with Crippen LogP contribution in [0.2, 0.25) is 0 Å². The van der Waals surface area contributed by atoms with Gasteiger partial charge in [0.05, 0.1) is 6.10 Å². The van der Waals surface area contributed by atoms with Crippen molar-refractivity contribution in [2.24, 2.45) is 5.41 Å². The lowest BCUT2D eigenvalue weighted by Gasteiger charge is -2.48. The van der Waals surface area contributed by atoms with Gasteiger partial charge in [0.25, 0.3) is 0 Å². The van der Waals surface area contributed by atoms with Crippen LogP contribution in [0, 0.1) is 5.41 Å². The molecule has 1 aliphatic carbocycles. The van der Waals surface area contributed by atoms with Crippen LogP contribution in [-0.4, -0.2) is 45.8 Å². The molecule has 3 atom stereocenters. The van der Waals surface area contributed by atoms with Crippen molar-refractivity contribution in [2.45, 2.75) is 77.0 Å². The Kier molecular flexibility index (Phi) is 4.51. The van der Waals surface area contributed by atoms with Gasteiger partial charge in [0.15, 0.2) is 0 Å². The summed E-state index contributed by atoms with van der Waals surface area (Å²) in [6.07, 6.45) is 6.68. The number of carbonyl (C=O) groups is 1. The summed E-state index contributed by atoms with van der Waals surface area (Å²) in [6.45, 7) is 4.89. The summed E-state index contributed by atoms with van der Waals surface area (Å²) >= 11 is 0. The van der Waals surface area contributed by atoms with Crippen LogP contribution in [0.5, 0.6) is 0 Å². The highest BCUT2D eigenvalue weighted by Gasteiger charge is 2.46. The molecule has 2 rings (SSSR count). The second-order valence-corrected chi connectivity index (χ2v) is 6.84. The molecule has 1 saturated carbocycles. The number of rotatable bonds is 2. The van der Waals surface area contributed by atoms with E-state index < -0.39 is 12.0 Å². The Bertz CT molecular complexity index is 329. The molecule has 4 heteroatoms. The lowest BCUT2D eigenvalue weighted by Crippen LogP contribution is -2.60. The highest BCUT2D eigenvalue weighted by atomic mass is 16.4. The molecule has 0 amide bonds. The van der Waals surface area contributed by atoms with Crippen molar-refractivity contribution in [3.8, 4) is 0 Å². The number of carboxylic acid groups (broad SMARTS) is 1. The second-order valence-electron chi connectivity index (χ2n) is 6.84. The molecular weight excluding hydrogens is 242 g/mol. The molecule has 0 radical (unpaired) electrons. The third-order valence-corrected chi connectivity index (χ3v) is 4.91. The molecule has 2 fully saturated rings. The number of piperidine rings is 1. The summed E-state index contributed by atoms with van der Waals surface area (Å²) in [5, 5.41) is 19.9. The third-order valence-electron chi connectivity index (χ3n) is 4.91. The van der Waals surface area contributed by atoms with Gasteiger partial charge in [0.1, 0.15) is 6.04 Å². The number of hydrogen-bond acceptors (Lipinski definition) is 3. The van der Waals surface area contributed by atoms with E-state index in [1.807, 2.05) is 13.8 Å². The van der Waals surface area contributed by atoms with Gasteiger partial charge in [-0.15, -0.1) is 0 Å². The minimum Gasteiger partial charge on any atom is -0.480 e. The van der Waals surface area contributed by atoms with E-state index in [4.69, 9.17) is 0 Å². The smallest absolute Gasteiger partial charge is 0.321 e. The number of nitrogens with zero attached hydrogens (tertiary/aromatic N) is 1. The average molecular weight is 269 g/mol. The fraction of sp³-hybridized carbons (Fsp3) is 0.933. The maximum Gasteiger partial charge on any atom is 0.321 e. The van der Waals surface area contributed by atoms with E-state index in [-0.39, 0.29) is 17.6 Å². The Balaban J connectivity index is 2.21. The predicted molar refractivity (Wildman–Crippen MR) is 74.0 cm³/mol. The minimum absolute atomic E-state index is 0.0307. The zero-order valence-electron chi connectivity index (χ0n) is 12.1. The van der Waals surface area contributed by atoms with Crippen molar-refractivity contribution in [3.05, 3.63) is 0 Å². The molecule has 0 aromatic rings. The average Bonchev–Trinajstić information content (AvgIpc) is 2.51. The van der Waals surface area contributed by atoms with Crippen LogP contribution in [0.3, 0.4) is 0 Å². The number of aliphatic hydroxyl groups is 1. The molecule has 19 heavy (non-hydrogen) atoms. The fourth-order valence-electron chi connectivity index (χ4n) is 3.92. The Morgan fingerprint density at radius 2 is 1.84 bits per heavy atom. The molecule has 1 aliphatic heterocycles. The van der Waals surface area contributed by atoms with E-state index in [0.717, 1.165) is 51.5 Å². The van der Waals surface area contributed by atoms with Crippen LogP contribution >= 0.6 is 0 Å². The molecule has 2 aliphatic rings. The molecule has 0 aromatic carbocycles. The molecule has 0 spiro atoms. The molecule has 0 bridgehead atoms. The lowest BCUT2D eigenvalue weighted by molar-refractivity contribution is -0.155. The van der Waals surface area contributed by atoms with Crippen molar-refractivity contribution in [1.29, 1.82) is 0 Å². The van der Waals surface area contributed by atoms with Crippen molar-refractivity contribution >= 4 is 5.97 Å². The standard InChI is InChI=1S/C15H27NO3/c1-15(2)9-6-10-16(13(15)14(18)19)11-7-4-3-5-8-12(11)17/h11-13,17H,3-10H2,1-2H3,(H,18,19). The van der Waals surface area contributed by atoms with E-state index in [2.05, 4.69) is 4.90 Å². The molecule has 1 heterocycles. The Labute approximate surface area is 115 Å². The van der Waals surface area contributed by atoms with E-state index in [1.165, 1.54) is 0 Å². The van der Waals surface area contributed by atoms with Gasteiger partial charge in [-0.2, -0.15) is 0 Å². The van der Waals surface area contributed by atoms with E-state index >= 15 is 0 Å². The van der Waals surface area contributed by atoms with Gasteiger partial charge < -0.3 is 10.2 Å². The SMILES string of the molecule is CC1(C)CCCN(C2CCCCCC2O)C1C(=O)O. The number of carboxylic acids is 1. The molecule has 0 aromatic heterocycles. The fourth-order valence-corrected chi connectivity index (χ4v) is 3.92. The summed E-state index contributed by atoms with van der Waals surface area (Å²) < 4.78 is 0. The lowest BCUT2D eigenvalue weighted by atomic mass is 9.75. The van der Waals surface area contributed by atoms with Gasteiger partial charge in [-0.3, -0.25) is 9.69 Å². The molecule has 4 nitrogen and oxygen atoms in total. The monoisotopic (exact) mass is 269 g/mol. The van der Waals surface area contributed by atoms with Gasteiger partial charge in [0, 0.05) is 6.04 Å². The molecule has 110 valence electrons. The first-order valence-corrected chi connectivity index (χ1v) is 7.60. The van der Waals surface area contributed by atoms with E-state index in [0.29, 0.717) is 0 Å². The van der Waals surface area contributed by atoms with Gasteiger partial charge in [-0.1, -0.05) is 33.1 Å².